The Morgan fingerprint density at radius 3 is 2.09 bits per heavy atom. The normalized spacial score (nSPS) is 14.3. The van der Waals surface area contributed by atoms with Crippen LogP contribution in [-0.4, -0.2) is 43.8 Å². The molecule has 0 unspecified atom stereocenters. The van der Waals surface area contributed by atoms with Crippen molar-refractivity contribution in [1.29, 1.82) is 0 Å². The molecule has 1 N–H and O–H groups in total. The fourth-order valence-corrected chi connectivity index (χ4v) is 7.68. The zero-order chi connectivity index (χ0) is 32.5. The molecule has 0 radical (unpaired) electrons. The predicted molar refractivity (Wildman–Crippen MR) is 183 cm³/mol. The van der Waals surface area contributed by atoms with Gasteiger partial charge < -0.3 is 10.2 Å². The van der Waals surface area contributed by atoms with Gasteiger partial charge in [-0.25, -0.2) is 8.42 Å². The lowest BCUT2D eigenvalue weighted by Crippen LogP contribution is -2.55. The van der Waals surface area contributed by atoms with E-state index in [9.17, 15) is 18.0 Å². The summed E-state index contributed by atoms with van der Waals surface area (Å²) >= 11 is 0. The van der Waals surface area contributed by atoms with Crippen molar-refractivity contribution >= 4 is 27.5 Å². The Kier molecular flexibility index (Phi) is 10.9. The molecule has 0 aliphatic heterocycles. The van der Waals surface area contributed by atoms with Gasteiger partial charge in [0, 0.05) is 19.0 Å². The second kappa shape index (κ2) is 15.2. The van der Waals surface area contributed by atoms with Crippen molar-refractivity contribution in [2.75, 3.05) is 10.8 Å². The molecular weight excluding hydrogens is 595 g/mol. The molecule has 1 saturated carbocycles. The van der Waals surface area contributed by atoms with Crippen molar-refractivity contribution in [2.45, 2.75) is 75.9 Å². The fourth-order valence-electron chi connectivity index (χ4n) is 6.18. The highest BCUT2D eigenvalue weighted by Crippen LogP contribution is 2.28. The number of nitrogens with zero attached hydrogens (tertiary/aromatic N) is 2. The summed E-state index contributed by atoms with van der Waals surface area (Å²) in [5, 5.41) is 3.26. The predicted octanol–water partition coefficient (Wildman–Crippen LogP) is 6.59. The quantitative estimate of drug-likeness (QED) is 0.190. The first kappa shape index (κ1) is 32.9. The molecule has 240 valence electrons. The molecule has 2 amide bonds. The van der Waals surface area contributed by atoms with E-state index >= 15 is 0 Å². The molecule has 0 bridgehead atoms. The lowest BCUT2D eigenvalue weighted by Gasteiger charge is -2.35. The third kappa shape index (κ3) is 8.23. The molecule has 4 aromatic carbocycles. The first-order valence-corrected chi connectivity index (χ1v) is 17.5. The van der Waals surface area contributed by atoms with Gasteiger partial charge in [0.05, 0.1) is 10.6 Å². The summed E-state index contributed by atoms with van der Waals surface area (Å²) in [6, 6.07) is 32.0. The van der Waals surface area contributed by atoms with Crippen LogP contribution in [0.1, 0.15) is 54.4 Å². The second-order valence-corrected chi connectivity index (χ2v) is 14.0. The average molecular weight is 638 g/mol. The van der Waals surface area contributed by atoms with Crippen LogP contribution in [-0.2, 0) is 32.6 Å². The number of carbonyl (C=O) groups is 2. The Balaban J connectivity index is 1.56. The van der Waals surface area contributed by atoms with Crippen LogP contribution in [0.2, 0.25) is 0 Å². The van der Waals surface area contributed by atoms with E-state index in [0.29, 0.717) is 12.1 Å². The van der Waals surface area contributed by atoms with Crippen LogP contribution in [0, 0.1) is 13.8 Å². The summed E-state index contributed by atoms with van der Waals surface area (Å²) < 4.78 is 29.5. The number of hydrogen-bond acceptors (Lipinski definition) is 4. The highest BCUT2D eigenvalue weighted by Gasteiger charge is 2.35. The maximum atomic E-state index is 14.7. The van der Waals surface area contributed by atoms with Crippen molar-refractivity contribution in [2.24, 2.45) is 0 Å². The highest BCUT2D eigenvalue weighted by atomic mass is 32.2. The third-order valence-electron chi connectivity index (χ3n) is 8.65. The Labute approximate surface area is 273 Å². The Morgan fingerprint density at radius 2 is 1.41 bits per heavy atom. The van der Waals surface area contributed by atoms with Crippen LogP contribution in [0.5, 0.6) is 0 Å². The van der Waals surface area contributed by atoms with Gasteiger partial charge in [0.1, 0.15) is 12.6 Å². The number of aryl methyl sites for hydroxylation is 2. The Morgan fingerprint density at radius 1 is 0.783 bits per heavy atom. The maximum Gasteiger partial charge on any atom is 0.264 e. The second-order valence-electron chi connectivity index (χ2n) is 12.2. The number of benzene rings is 4. The number of sulfonamides is 1. The van der Waals surface area contributed by atoms with Gasteiger partial charge in [0.15, 0.2) is 0 Å². The summed E-state index contributed by atoms with van der Waals surface area (Å²) in [6.07, 6.45) is 5.39. The topological polar surface area (TPSA) is 86.8 Å². The number of para-hydroxylation sites is 1. The SMILES string of the molecule is Cc1cccc(CN(C(=O)CN(c2ccccc2C)S(=O)(=O)c2ccccc2)[C@@H](Cc2ccccc2)C(=O)NC2CCCCC2)c1. The molecule has 1 aliphatic rings. The lowest BCUT2D eigenvalue weighted by molar-refractivity contribution is -0.140. The van der Waals surface area contributed by atoms with Gasteiger partial charge >= 0.3 is 0 Å². The molecule has 7 nitrogen and oxygen atoms in total. The number of rotatable bonds is 12. The number of nitrogens with one attached hydrogen (secondary N) is 1. The van der Waals surface area contributed by atoms with Crippen LogP contribution in [0.4, 0.5) is 5.69 Å². The van der Waals surface area contributed by atoms with Crippen LogP contribution < -0.4 is 9.62 Å². The van der Waals surface area contributed by atoms with E-state index in [-0.39, 0.29) is 23.4 Å². The molecule has 8 heteroatoms. The molecule has 46 heavy (non-hydrogen) atoms. The van der Waals surface area contributed by atoms with Crippen LogP contribution in [0.15, 0.2) is 114 Å². The zero-order valence-corrected chi connectivity index (χ0v) is 27.5. The molecule has 0 saturated heterocycles. The Hall–Kier alpha value is -4.43. The number of carbonyl (C=O) groups excluding carboxylic acids is 2. The first-order valence-electron chi connectivity index (χ1n) is 16.0. The van der Waals surface area contributed by atoms with Crippen molar-refractivity contribution in [3.63, 3.8) is 0 Å². The molecule has 1 fully saturated rings. The van der Waals surface area contributed by atoms with Gasteiger partial charge in [-0.3, -0.25) is 13.9 Å². The molecular formula is C38H43N3O4S. The number of anilines is 1. The molecule has 0 aromatic heterocycles. The van der Waals surface area contributed by atoms with Gasteiger partial charge in [0.2, 0.25) is 11.8 Å². The van der Waals surface area contributed by atoms with E-state index in [1.807, 2.05) is 80.6 Å². The summed E-state index contributed by atoms with van der Waals surface area (Å²) in [6.45, 7) is 3.51. The van der Waals surface area contributed by atoms with Gasteiger partial charge in [0.25, 0.3) is 10.0 Å². The molecule has 4 aromatic rings. The standard InChI is InChI=1S/C38H43N3O4S/c1-29-15-14-19-32(25-29)27-40(36(26-31-17-6-3-7-18-31)38(43)39-33-20-8-4-9-21-33)37(42)28-41(35-24-13-12-16-30(35)2)46(44,45)34-22-10-5-11-23-34/h3,5-7,10-19,22-25,33,36H,4,8-9,20-21,26-28H2,1-2H3,(H,39,43)/t36-/m0/s1. The first-order chi connectivity index (χ1) is 22.2. The number of amides is 2. The summed E-state index contributed by atoms with van der Waals surface area (Å²) in [5.41, 5.74) is 3.95. The third-order valence-corrected chi connectivity index (χ3v) is 10.4. The molecule has 1 atom stereocenters. The van der Waals surface area contributed by atoms with Crippen molar-refractivity contribution in [3.05, 3.63) is 131 Å². The van der Waals surface area contributed by atoms with Crippen LogP contribution in [0.25, 0.3) is 0 Å². The summed E-state index contributed by atoms with van der Waals surface area (Å²) in [7, 11) is -4.13. The molecule has 0 heterocycles. The van der Waals surface area contributed by atoms with E-state index in [1.165, 1.54) is 16.4 Å². The maximum absolute atomic E-state index is 14.7. The van der Waals surface area contributed by atoms with Crippen molar-refractivity contribution in [1.82, 2.24) is 10.2 Å². The van der Waals surface area contributed by atoms with E-state index in [1.54, 1.807) is 35.2 Å². The fraction of sp³-hybridized carbons (Fsp3) is 0.316. The molecule has 1 aliphatic carbocycles. The Bertz CT molecular complexity index is 1720. The minimum absolute atomic E-state index is 0.0531. The van der Waals surface area contributed by atoms with E-state index in [4.69, 9.17) is 0 Å². The molecule has 0 spiro atoms. The van der Waals surface area contributed by atoms with E-state index < -0.39 is 28.5 Å². The largest absolute Gasteiger partial charge is 0.352 e. The monoisotopic (exact) mass is 637 g/mol. The highest BCUT2D eigenvalue weighted by molar-refractivity contribution is 7.92. The van der Waals surface area contributed by atoms with Crippen molar-refractivity contribution in [3.8, 4) is 0 Å². The van der Waals surface area contributed by atoms with E-state index in [2.05, 4.69) is 5.32 Å². The zero-order valence-electron chi connectivity index (χ0n) is 26.6. The van der Waals surface area contributed by atoms with Gasteiger partial charge in [-0.15, -0.1) is 0 Å². The van der Waals surface area contributed by atoms with Crippen LogP contribution in [0.3, 0.4) is 0 Å². The van der Waals surface area contributed by atoms with E-state index in [0.717, 1.165) is 54.4 Å². The minimum Gasteiger partial charge on any atom is -0.352 e. The van der Waals surface area contributed by atoms with Gasteiger partial charge in [-0.2, -0.15) is 0 Å². The number of hydrogen-bond donors (Lipinski definition) is 1. The minimum atomic E-state index is -4.13. The summed E-state index contributed by atoms with van der Waals surface area (Å²) in [5.74, 6) is -0.672. The van der Waals surface area contributed by atoms with Gasteiger partial charge in [-0.1, -0.05) is 116 Å². The smallest absolute Gasteiger partial charge is 0.264 e. The van der Waals surface area contributed by atoms with Crippen molar-refractivity contribution < 1.29 is 18.0 Å². The van der Waals surface area contributed by atoms with Crippen LogP contribution >= 0.6 is 0 Å². The lowest BCUT2D eigenvalue weighted by atomic mass is 9.94. The molecule has 5 rings (SSSR count). The average Bonchev–Trinajstić information content (AvgIpc) is 3.07. The summed E-state index contributed by atoms with van der Waals surface area (Å²) in [4.78, 5) is 30.5. The van der Waals surface area contributed by atoms with Gasteiger partial charge in [-0.05, 0) is 61.6 Å².